The van der Waals surface area contributed by atoms with Crippen LogP contribution in [0.3, 0.4) is 0 Å². The van der Waals surface area contributed by atoms with E-state index < -0.39 is 5.97 Å². The summed E-state index contributed by atoms with van der Waals surface area (Å²) in [5.41, 5.74) is 2.07. The molecule has 0 saturated heterocycles. The number of carbonyl (C=O) groups is 1. The highest BCUT2D eigenvalue weighted by molar-refractivity contribution is 7.80. The van der Waals surface area contributed by atoms with E-state index in [0.29, 0.717) is 44.0 Å². The van der Waals surface area contributed by atoms with Crippen molar-refractivity contribution < 1.29 is 15.0 Å². The van der Waals surface area contributed by atoms with E-state index in [1.807, 2.05) is 0 Å². The number of rotatable bonds is 7. The Morgan fingerprint density at radius 2 is 2.00 bits per heavy atom. The van der Waals surface area contributed by atoms with Gasteiger partial charge in [0.25, 0.3) is 0 Å². The SMILES string of the molecule is CC(=NCC(=S)Cc1ccc(C(=O)O)s1)c1nn(C)c(-c2ccc(Cl)c(Cl)c2)c1O. The third kappa shape index (κ3) is 4.89. The van der Waals surface area contributed by atoms with Crippen molar-refractivity contribution in [2.24, 2.45) is 12.0 Å². The lowest BCUT2D eigenvalue weighted by molar-refractivity contribution is 0.0702. The van der Waals surface area contributed by atoms with Crippen LogP contribution in [0.2, 0.25) is 10.0 Å². The van der Waals surface area contributed by atoms with Gasteiger partial charge in [0.1, 0.15) is 16.3 Å². The number of hydrogen-bond acceptors (Lipinski definition) is 6. The smallest absolute Gasteiger partial charge is 0.345 e. The monoisotopic (exact) mass is 481 g/mol. The van der Waals surface area contributed by atoms with Gasteiger partial charge in [-0.3, -0.25) is 9.67 Å². The van der Waals surface area contributed by atoms with Crippen LogP contribution in [-0.4, -0.2) is 43.1 Å². The lowest BCUT2D eigenvalue weighted by Crippen LogP contribution is -2.06. The minimum Gasteiger partial charge on any atom is -0.504 e. The molecule has 10 heteroatoms. The predicted octanol–water partition coefficient (Wildman–Crippen LogP) is 5.28. The van der Waals surface area contributed by atoms with E-state index in [0.717, 1.165) is 4.88 Å². The zero-order chi connectivity index (χ0) is 22.0. The summed E-state index contributed by atoms with van der Waals surface area (Å²) in [4.78, 5) is 17.2. The van der Waals surface area contributed by atoms with Gasteiger partial charge in [-0.05, 0) is 31.2 Å². The number of halogens is 2. The predicted molar refractivity (Wildman–Crippen MR) is 125 cm³/mol. The molecule has 3 rings (SSSR count). The Kier molecular flexibility index (Phi) is 6.92. The Labute approximate surface area is 192 Å². The zero-order valence-corrected chi connectivity index (χ0v) is 19.2. The number of aliphatic imine (C=N–C) groups is 1. The van der Waals surface area contributed by atoms with E-state index >= 15 is 0 Å². The summed E-state index contributed by atoms with van der Waals surface area (Å²) >= 11 is 18.6. The van der Waals surface area contributed by atoms with Crippen LogP contribution in [-0.2, 0) is 13.5 Å². The van der Waals surface area contributed by atoms with Gasteiger partial charge in [-0.15, -0.1) is 11.3 Å². The molecule has 3 aromatic rings. The third-order valence-electron chi connectivity index (χ3n) is 4.29. The Hall–Kier alpha value is -2.26. The van der Waals surface area contributed by atoms with E-state index in [4.69, 9.17) is 40.5 Å². The number of carboxylic acids is 1. The van der Waals surface area contributed by atoms with Gasteiger partial charge in [0.15, 0.2) is 5.75 Å². The molecule has 0 amide bonds. The van der Waals surface area contributed by atoms with Gasteiger partial charge in [-0.1, -0.05) is 41.5 Å². The molecule has 0 bridgehead atoms. The number of aromatic nitrogens is 2. The molecular formula is C20H17Cl2N3O3S2. The average Bonchev–Trinajstić information content (AvgIpc) is 3.26. The van der Waals surface area contributed by atoms with Crippen molar-refractivity contribution in [1.29, 1.82) is 0 Å². The van der Waals surface area contributed by atoms with E-state index in [1.165, 1.54) is 11.3 Å². The second-order valence-electron chi connectivity index (χ2n) is 6.49. The van der Waals surface area contributed by atoms with Crippen molar-refractivity contribution in [1.82, 2.24) is 9.78 Å². The molecule has 2 heterocycles. The molecule has 0 saturated carbocycles. The molecule has 0 unspecified atom stereocenters. The highest BCUT2D eigenvalue weighted by Crippen LogP contribution is 2.35. The number of nitrogens with zero attached hydrogens (tertiary/aromatic N) is 3. The summed E-state index contributed by atoms with van der Waals surface area (Å²) in [5, 5.41) is 24.9. The topological polar surface area (TPSA) is 87.7 Å². The Balaban J connectivity index is 1.76. The zero-order valence-electron chi connectivity index (χ0n) is 16.0. The van der Waals surface area contributed by atoms with Gasteiger partial charge in [-0.2, -0.15) is 5.10 Å². The number of aromatic hydroxyl groups is 1. The first-order chi connectivity index (χ1) is 14.2. The summed E-state index contributed by atoms with van der Waals surface area (Å²) in [6, 6.07) is 8.40. The van der Waals surface area contributed by atoms with Gasteiger partial charge in [0.05, 0.1) is 22.3 Å². The highest BCUT2D eigenvalue weighted by atomic mass is 35.5. The lowest BCUT2D eigenvalue weighted by Gasteiger charge is -2.04. The van der Waals surface area contributed by atoms with Crippen LogP contribution < -0.4 is 0 Å². The van der Waals surface area contributed by atoms with Gasteiger partial charge < -0.3 is 10.2 Å². The maximum absolute atomic E-state index is 11.0. The van der Waals surface area contributed by atoms with Crippen molar-refractivity contribution in [3.8, 4) is 17.0 Å². The molecule has 0 spiro atoms. The number of carboxylic acid groups (broad SMARTS) is 1. The molecule has 1 aromatic carbocycles. The molecule has 0 radical (unpaired) electrons. The van der Waals surface area contributed by atoms with Crippen LogP contribution >= 0.6 is 46.8 Å². The number of thiocarbonyl (C=S) groups is 1. The van der Waals surface area contributed by atoms with Crippen molar-refractivity contribution in [2.75, 3.05) is 6.54 Å². The van der Waals surface area contributed by atoms with Crippen molar-refractivity contribution in [3.05, 3.63) is 55.8 Å². The first-order valence-corrected chi connectivity index (χ1v) is 10.7. The van der Waals surface area contributed by atoms with Crippen molar-refractivity contribution in [2.45, 2.75) is 13.3 Å². The second kappa shape index (κ2) is 9.26. The minimum atomic E-state index is -0.950. The molecule has 0 aliphatic heterocycles. The van der Waals surface area contributed by atoms with Gasteiger partial charge in [0, 0.05) is 28.8 Å². The van der Waals surface area contributed by atoms with Gasteiger partial charge in [0.2, 0.25) is 0 Å². The maximum atomic E-state index is 11.0. The number of aromatic carboxylic acids is 1. The third-order valence-corrected chi connectivity index (χ3v) is 6.38. The normalized spacial score (nSPS) is 11.7. The van der Waals surface area contributed by atoms with Crippen molar-refractivity contribution in [3.63, 3.8) is 0 Å². The van der Waals surface area contributed by atoms with Crippen molar-refractivity contribution >= 4 is 63.3 Å². The summed E-state index contributed by atoms with van der Waals surface area (Å²) in [5.74, 6) is -0.957. The quantitative estimate of drug-likeness (QED) is 0.353. The van der Waals surface area contributed by atoms with E-state index in [2.05, 4.69) is 10.1 Å². The van der Waals surface area contributed by atoms with Crippen LogP contribution in [0.25, 0.3) is 11.3 Å². The van der Waals surface area contributed by atoms with Gasteiger partial charge >= 0.3 is 5.97 Å². The number of hydrogen-bond donors (Lipinski definition) is 2. The largest absolute Gasteiger partial charge is 0.504 e. The Bertz CT molecular complexity index is 1170. The van der Waals surface area contributed by atoms with Crippen LogP contribution in [0.5, 0.6) is 5.75 Å². The molecule has 0 fully saturated rings. The first kappa shape index (κ1) is 22.4. The maximum Gasteiger partial charge on any atom is 0.345 e. The number of thiophene rings is 1. The van der Waals surface area contributed by atoms with Crippen LogP contribution in [0.1, 0.15) is 27.2 Å². The summed E-state index contributed by atoms with van der Waals surface area (Å²) in [6.07, 6.45) is 0.465. The average molecular weight is 482 g/mol. The summed E-state index contributed by atoms with van der Waals surface area (Å²) in [6.45, 7) is 2.01. The van der Waals surface area contributed by atoms with Crippen LogP contribution in [0.4, 0.5) is 0 Å². The second-order valence-corrected chi connectivity index (χ2v) is 9.05. The molecule has 156 valence electrons. The summed E-state index contributed by atoms with van der Waals surface area (Å²) in [7, 11) is 1.72. The molecule has 0 aliphatic carbocycles. The van der Waals surface area contributed by atoms with Crippen LogP contribution in [0, 0.1) is 0 Å². The highest BCUT2D eigenvalue weighted by Gasteiger charge is 2.19. The van der Waals surface area contributed by atoms with Crippen LogP contribution in [0.15, 0.2) is 35.3 Å². The molecule has 2 aromatic heterocycles. The van der Waals surface area contributed by atoms with E-state index in [1.54, 1.807) is 49.0 Å². The van der Waals surface area contributed by atoms with E-state index in [-0.39, 0.29) is 17.2 Å². The molecule has 0 atom stereocenters. The first-order valence-electron chi connectivity index (χ1n) is 8.74. The minimum absolute atomic E-state index is 0.00702. The molecule has 30 heavy (non-hydrogen) atoms. The molecule has 0 aliphatic rings. The number of aryl methyl sites for hydroxylation is 1. The fraction of sp³-hybridized carbons (Fsp3) is 0.200. The van der Waals surface area contributed by atoms with Gasteiger partial charge in [-0.25, -0.2) is 4.79 Å². The fourth-order valence-electron chi connectivity index (χ4n) is 2.84. The molecule has 6 nitrogen and oxygen atoms in total. The summed E-state index contributed by atoms with van der Waals surface area (Å²) < 4.78 is 1.56. The Morgan fingerprint density at radius 1 is 1.27 bits per heavy atom. The lowest BCUT2D eigenvalue weighted by atomic mass is 10.1. The Morgan fingerprint density at radius 3 is 2.63 bits per heavy atom. The van der Waals surface area contributed by atoms with E-state index in [9.17, 15) is 9.90 Å². The number of benzene rings is 1. The molecular weight excluding hydrogens is 465 g/mol. The standard InChI is InChI=1S/C20H17Cl2N3O3S2/c1-10(23-9-12(29)8-13-4-6-16(30-13)20(27)28)17-19(26)18(25(2)24-17)11-3-5-14(21)15(22)7-11/h3-7,26H,8-9H2,1-2H3,(H,27,28). The molecule has 2 N–H and O–H groups in total. The fourth-order valence-corrected chi connectivity index (χ4v) is 4.34.